The second-order valence-electron chi connectivity index (χ2n) is 6.50. The Morgan fingerprint density at radius 2 is 1.96 bits per heavy atom. The third kappa shape index (κ3) is 3.28. The van der Waals surface area contributed by atoms with E-state index in [0.29, 0.717) is 24.0 Å². The molecule has 1 saturated carbocycles. The summed E-state index contributed by atoms with van der Waals surface area (Å²) in [5.74, 6) is 0.221. The second-order valence-corrected chi connectivity index (χ2v) is 9.29. The smallest absolute Gasteiger partial charge is 0.320 e. The molecule has 4 rings (SSSR count). The van der Waals surface area contributed by atoms with E-state index in [2.05, 4.69) is 31.5 Å². The number of fused-ring (bicyclic) bond motifs is 1. The minimum atomic E-state index is -3.69. The number of benzene rings is 1. The van der Waals surface area contributed by atoms with Crippen molar-refractivity contribution in [1.29, 1.82) is 0 Å². The number of nitrogens with zero attached hydrogens (tertiary/aromatic N) is 1. The van der Waals surface area contributed by atoms with E-state index >= 15 is 0 Å². The molecule has 2 heterocycles. The lowest BCUT2D eigenvalue weighted by Gasteiger charge is -2.16. The van der Waals surface area contributed by atoms with E-state index in [1.165, 1.54) is 4.31 Å². The van der Waals surface area contributed by atoms with Crippen molar-refractivity contribution in [2.24, 2.45) is 0 Å². The van der Waals surface area contributed by atoms with E-state index < -0.39 is 10.0 Å². The summed E-state index contributed by atoms with van der Waals surface area (Å²) >= 11 is 3.40. The molecule has 0 spiro atoms. The maximum atomic E-state index is 13.2. The van der Waals surface area contributed by atoms with Crippen LogP contribution in [0.2, 0.25) is 0 Å². The minimum absolute atomic E-state index is 0.136. The number of rotatable bonds is 4. The fourth-order valence-electron chi connectivity index (χ4n) is 3.12. The highest BCUT2D eigenvalue weighted by Crippen LogP contribution is 2.35. The Kier molecular flexibility index (Phi) is 4.25. The molecule has 0 bridgehead atoms. The van der Waals surface area contributed by atoms with Crippen molar-refractivity contribution in [3.63, 3.8) is 0 Å². The van der Waals surface area contributed by atoms with Crippen molar-refractivity contribution < 1.29 is 13.2 Å². The van der Waals surface area contributed by atoms with Crippen LogP contribution in [0.15, 0.2) is 27.6 Å². The van der Waals surface area contributed by atoms with Crippen LogP contribution in [0, 0.1) is 0 Å². The number of aromatic amines is 1. The molecule has 9 heteroatoms. The Morgan fingerprint density at radius 3 is 2.64 bits per heavy atom. The van der Waals surface area contributed by atoms with Gasteiger partial charge in [-0.2, -0.15) is 4.31 Å². The van der Waals surface area contributed by atoms with Crippen molar-refractivity contribution in [3.8, 4) is 0 Å². The number of H-pyrrole nitrogens is 1. The molecule has 0 atom stereocenters. The van der Waals surface area contributed by atoms with Gasteiger partial charge in [0.2, 0.25) is 10.0 Å². The molecular formula is C16H19BrN4O3S. The average Bonchev–Trinajstić information content (AvgIpc) is 3.07. The van der Waals surface area contributed by atoms with Crippen LogP contribution < -0.4 is 10.6 Å². The van der Waals surface area contributed by atoms with Gasteiger partial charge in [-0.15, -0.1) is 0 Å². The number of nitrogens with one attached hydrogen (secondary N) is 3. The first-order valence-corrected chi connectivity index (χ1v) is 10.6. The summed E-state index contributed by atoms with van der Waals surface area (Å²) in [5, 5.41) is 6.08. The molecule has 0 unspecified atom stereocenters. The van der Waals surface area contributed by atoms with Gasteiger partial charge in [0.05, 0.1) is 0 Å². The number of amides is 2. The molecule has 3 N–H and O–H groups in total. The Bertz CT molecular complexity index is 930. The monoisotopic (exact) mass is 426 g/mol. The lowest BCUT2D eigenvalue weighted by molar-refractivity contribution is 0.251. The molecular weight excluding hydrogens is 408 g/mol. The number of hydrogen-bond donors (Lipinski definition) is 3. The van der Waals surface area contributed by atoms with Crippen LogP contribution in [0.5, 0.6) is 0 Å². The first-order chi connectivity index (χ1) is 11.9. The predicted molar refractivity (Wildman–Crippen MR) is 99.2 cm³/mol. The molecule has 134 valence electrons. The van der Waals surface area contributed by atoms with Gasteiger partial charge >= 0.3 is 6.03 Å². The maximum absolute atomic E-state index is 13.2. The van der Waals surface area contributed by atoms with E-state index in [4.69, 9.17) is 0 Å². The summed E-state index contributed by atoms with van der Waals surface area (Å²) in [6.45, 7) is 1.02. The molecule has 2 aromatic rings. The van der Waals surface area contributed by atoms with E-state index in [1.54, 1.807) is 12.1 Å². The number of anilines is 1. The van der Waals surface area contributed by atoms with Gasteiger partial charge in [0, 0.05) is 34.5 Å². The number of urea groups is 1. The van der Waals surface area contributed by atoms with Gasteiger partial charge in [-0.1, -0.05) is 15.9 Å². The van der Waals surface area contributed by atoms with Crippen LogP contribution in [-0.2, 0) is 10.0 Å². The van der Waals surface area contributed by atoms with Gasteiger partial charge in [0.25, 0.3) is 0 Å². The van der Waals surface area contributed by atoms with Gasteiger partial charge in [-0.3, -0.25) is 5.32 Å². The van der Waals surface area contributed by atoms with Gasteiger partial charge in [-0.05, 0) is 43.9 Å². The third-order valence-corrected chi connectivity index (χ3v) is 7.01. The molecule has 7 nitrogen and oxygen atoms in total. The van der Waals surface area contributed by atoms with Crippen molar-refractivity contribution in [1.82, 2.24) is 14.6 Å². The topological polar surface area (TPSA) is 94.3 Å². The summed E-state index contributed by atoms with van der Waals surface area (Å²) in [7, 11) is -3.69. The molecule has 2 aliphatic rings. The molecule has 1 aromatic heterocycles. The normalized spacial score (nSPS) is 18.6. The molecule has 25 heavy (non-hydrogen) atoms. The highest BCUT2D eigenvalue weighted by atomic mass is 79.9. The zero-order chi connectivity index (χ0) is 17.6. The summed E-state index contributed by atoms with van der Waals surface area (Å²) < 4.78 is 28.6. The van der Waals surface area contributed by atoms with Crippen molar-refractivity contribution in [3.05, 3.63) is 22.7 Å². The fourth-order valence-corrected chi connectivity index (χ4v) is 5.28. The molecule has 1 aliphatic carbocycles. The van der Waals surface area contributed by atoms with Crippen molar-refractivity contribution in [2.75, 3.05) is 18.4 Å². The van der Waals surface area contributed by atoms with Gasteiger partial charge in [0.1, 0.15) is 10.7 Å². The molecule has 1 aliphatic heterocycles. The predicted octanol–water partition coefficient (Wildman–Crippen LogP) is 3.00. The third-order valence-electron chi connectivity index (χ3n) is 4.53. The molecule has 1 saturated heterocycles. The highest BCUT2D eigenvalue weighted by Gasteiger charge is 2.33. The Hall–Kier alpha value is -1.58. The zero-order valence-electron chi connectivity index (χ0n) is 13.5. The highest BCUT2D eigenvalue weighted by molar-refractivity contribution is 9.10. The van der Waals surface area contributed by atoms with E-state index in [1.807, 2.05) is 6.07 Å². The Balaban J connectivity index is 1.79. The minimum Gasteiger partial charge on any atom is -0.340 e. The van der Waals surface area contributed by atoms with Crippen LogP contribution in [0.1, 0.15) is 25.7 Å². The van der Waals surface area contributed by atoms with Crippen molar-refractivity contribution >= 4 is 48.7 Å². The quantitative estimate of drug-likeness (QED) is 0.700. The Labute approximate surface area is 154 Å². The van der Waals surface area contributed by atoms with Crippen LogP contribution >= 0.6 is 15.9 Å². The SMILES string of the molecule is O=C(Nc1[nH]c2ccc(Br)cc2c1S(=O)(=O)N1CCCC1)NC1CC1. The number of sulfonamides is 1. The number of halogens is 1. The lowest BCUT2D eigenvalue weighted by Crippen LogP contribution is -2.32. The number of carbonyl (C=O) groups is 1. The van der Waals surface area contributed by atoms with E-state index in [0.717, 1.165) is 30.2 Å². The summed E-state index contributed by atoms with van der Waals surface area (Å²) in [6.07, 6.45) is 3.64. The fraction of sp³-hybridized carbons (Fsp3) is 0.438. The Morgan fingerprint density at radius 1 is 1.24 bits per heavy atom. The number of hydrogen-bond acceptors (Lipinski definition) is 3. The molecule has 2 amide bonds. The zero-order valence-corrected chi connectivity index (χ0v) is 15.9. The van der Waals surface area contributed by atoms with Crippen LogP contribution in [0.25, 0.3) is 10.9 Å². The van der Waals surface area contributed by atoms with Crippen molar-refractivity contribution in [2.45, 2.75) is 36.6 Å². The van der Waals surface area contributed by atoms with E-state index in [-0.39, 0.29) is 22.8 Å². The van der Waals surface area contributed by atoms with Gasteiger partial charge in [-0.25, -0.2) is 13.2 Å². The number of carbonyl (C=O) groups excluding carboxylic acids is 1. The average molecular weight is 427 g/mol. The summed E-state index contributed by atoms with van der Waals surface area (Å²) in [6, 6.07) is 5.20. The lowest BCUT2D eigenvalue weighted by atomic mass is 10.2. The second kappa shape index (κ2) is 6.30. The van der Waals surface area contributed by atoms with Gasteiger partial charge in [0.15, 0.2) is 0 Å². The van der Waals surface area contributed by atoms with Gasteiger partial charge < -0.3 is 10.3 Å². The number of aromatic nitrogens is 1. The standard InChI is InChI=1S/C16H19BrN4O3S/c17-10-3-6-13-12(9-10)14(25(23,24)21-7-1-2-8-21)15(19-13)20-16(22)18-11-4-5-11/h3,6,9,11,19H,1-2,4-5,7-8H2,(H2,18,20,22). The first-order valence-electron chi connectivity index (χ1n) is 8.34. The molecule has 0 radical (unpaired) electrons. The van der Waals surface area contributed by atoms with E-state index in [9.17, 15) is 13.2 Å². The largest absolute Gasteiger partial charge is 0.340 e. The summed E-state index contributed by atoms with van der Waals surface area (Å²) in [5.41, 5.74) is 0.669. The molecule has 1 aromatic carbocycles. The van der Waals surface area contributed by atoms with Crippen LogP contribution in [0.4, 0.5) is 10.6 Å². The maximum Gasteiger partial charge on any atom is 0.320 e. The van der Waals surface area contributed by atoms with Crippen LogP contribution in [0.3, 0.4) is 0 Å². The molecule has 2 fully saturated rings. The summed E-state index contributed by atoms with van der Waals surface area (Å²) in [4.78, 5) is 15.3. The first kappa shape index (κ1) is 16.9. The van der Waals surface area contributed by atoms with Crippen LogP contribution in [-0.4, -0.2) is 42.9 Å².